The number of aliphatic hydroxyl groups is 1. The quantitative estimate of drug-likeness (QED) is 0.256. The van der Waals surface area contributed by atoms with E-state index >= 15 is 0 Å². The van der Waals surface area contributed by atoms with Gasteiger partial charge in [-0.25, -0.2) is 18.4 Å². The molecule has 3 saturated heterocycles. The van der Waals surface area contributed by atoms with E-state index in [1.54, 1.807) is 24.3 Å². The van der Waals surface area contributed by atoms with Gasteiger partial charge in [-0.15, -0.1) is 0 Å². The molecule has 3 heterocycles. The molecular weight excluding hydrogens is 760 g/mol. The van der Waals surface area contributed by atoms with Gasteiger partial charge in [0, 0.05) is 38.3 Å². The number of urea groups is 1. The van der Waals surface area contributed by atoms with Crippen molar-refractivity contribution in [3.8, 4) is 0 Å². The number of anilines is 1. The number of hydrogen-bond acceptors (Lipinski definition) is 9. The number of carbonyl (C=O) groups excluding carboxylic acids is 7. The Morgan fingerprint density at radius 1 is 0.948 bits per heavy atom. The molecule has 0 aromatic heterocycles. The van der Waals surface area contributed by atoms with Gasteiger partial charge in [0.2, 0.25) is 29.5 Å². The zero-order chi connectivity index (χ0) is 42.6. The number of carbonyl (C=O) groups is 7. The second-order valence-corrected chi connectivity index (χ2v) is 15.5. The number of amides is 7. The Hall–Kier alpha value is -5.65. The Labute approximate surface area is 335 Å². The maximum atomic E-state index is 14.6. The topological polar surface area (TPSA) is 207 Å². The molecule has 1 unspecified atom stereocenters. The van der Waals surface area contributed by atoms with E-state index in [1.807, 2.05) is 13.8 Å². The van der Waals surface area contributed by atoms with Gasteiger partial charge >= 0.3 is 12.0 Å². The minimum absolute atomic E-state index is 0.00337. The summed E-state index contributed by atoms with van der Waals surface area (Å²) in [7, 11) is 1.30. The molecule has 2 aromatic rings. The lowest BCUT2D eigenvalue weighted by Crippen LogP contribution is -2.63. The highest BCUT2D eigenvalue weighted by Crippen LogP contribution is 2.27. The first-order valence-corrected chi connectivity index (χ1v) is 19.3. The zero-order valence-electron chi connectivity index (χ0n) is 33.3. The second-order valence-electron chi connectivity index (χ2n) is 15.5. The third-order valence-electron chi connectivity index (χ3n) is 10.7. The summed E-state index contributed by atoms with van der Waals surface area (Å²) in [4.78, 5) is 101. The van der Waals surface area contributed by atoms with Crippen molar-refractivity contribution in [3.63, 3.8) is 0 Å². The number of ether oxygens (including phenoxy) is 1. The highest BCUT2D eigenvalue weighted by Gasteiger charge is 2.47. The molecule has 0 aliphatic carbocycles. The number of fused-ring (bicyclic) bond motifs is 2. The smallest absolute Gasteiger partial charge is 0.329 e. The number of halogens is 2. The molecule has 314 valence electrons. The fourth-order valence-corrected chi connectivity index (χ4v) is 7.78. The van der Waals surface area contributed by atoms with Crippen LogP contribution in [0.5, 0.6) is 0 Å². The van der Waals surface area contributed by atoms with Gasteiger partial charge in [-0.3, -0.25) is 24.0 Å². The first-order valence-electron chi connectivity index (χ1n) is 19.3. The van der Waals surface area contributed by atoms with Crippen LogP contribution in [0.15, 0.2) is 42.5 Å². The van der Waals surface area contributed by atoms with Crippen molar-refractivity contribution in [2.75, 3.05) is 25.5 Å². The Morgan fingerprint density at radius 3 is 2.24 bits per heavy atom. The third kappa shape index (κ3) is 10.1. The van der Waals surface area contributed by atoms with Crippen LogP contribution in [0.4, 0.5) is 19.3 Å². The Morgan fingerprint density at radius 2 is 1.60 bits per heavy atom. The molecule has 18 heteroatoms. The average Bonchev–Trinajstić information content (AvgIpc) is 3.80. The number of cyclic esters (lactones) is 1. The average molecular weight is 812 g/mol. The number of esters is 1. The van der Waals surface area contributed by atoms with Gasteiger partial charge in [-0.1, -0.05) is 24.6 Å². The number of nitrogens with one attached hydrogen (secondary N) is 4. The largest absolute Gasteiger partial charge is 0.458 e. The van der Waals surface area contributed by atoms with Crippen molar-refractivity contribution in [2.24, 2.45) is 5.92 Å². The van der Waals surface area contributed by atoms with E-state index in [0.29, 0.717) is 18.2 Å². The molecule has 3 aliphatic rings. The summed E-state index contributed by atoms with van der Waals surface area (Å²) in [5.74, 6) is -6.91. The lowest BCUT2D eigenvalue weighted by atomic mass is 10.0. The van der Waals surface area contributed by atoms with E-state index in [0.717, 1.165) is 22.6 Å². The van der Waals surface area contributed by atoms with Crippen LogP contribution in [0, 0.1) is 24.5 Å². The Kier molecular flexibility index (Phi) is 13.7. The minimum Gasteiger partial charge on any atom is -0.458 e. The summed E-state index contributed by atoms with van der Waals surface area (Å²) in [6.45, 7) is 7.92. The predicted octanol–water partition coefficient (Wildman–Crippen LogP) is 1.38. The fourth-order valence-electron chi connectivity index (χ4n) is 7.78. The fraction of sp³-hybridized carbons (Fsp3) is 0.525. The lowest BCUT2D eigenvalue weighted by molar-refractivity contribution is -0.163. The van der Waals surface area contributed by atoms with Gasteiger partial charge in [-0.05, 0) is 82.7 Å². The van der Waals surface area contributed by atoms with Crippen LogP contribution in [-0.2, 0) is 39.9 Å². The molecule has 16 nitrogen and oxygen atoms in total. The van der Waals surface area contributed by atoms with Gasteiger partial charge in [0.25, 0.3) is 0 Å². The van der Waals surface area contributed by atoms with Crippen LogP contribution in [-0.4, -0.2) is 130 Å². The number of hydrogen-bond donors (Lipinski definition) is 5. The van der Waals surface area contributed by atoms with Crippen LogP contribution in [0.25, 0.3) is 0 Å². The van der Waals surface area contributed by atoms with Crippen molar-refractivity contribution in [3.05, 3.63) is 65.2 Å². The first-order chi connectivity index (χ1) is 27.3. The summed E-state index contributed by atoms with van der Waals surface area (Å²) >= 11 is 0. The summed E-state index contributed by atoms with van der Waals surface area (Å²) < 4.78 is 34.4. The number of aryl methyl sites for hydroxylation is 1. The molecule has 5 rings (SSSR count). The number of rotatable bonds is 7. The van der Waals surface area contributed by atoms with Crippen LogP contribution in [0.3, 0.4) is 0 Å². The molecule has 0 radical (unpaired) electrons. The van der Waals surface area contributed by atoms with E-state index in [2.05, 4.69) is 21.3 Å². The van der Waals surface area contributed by atoms with Gasteiger partial charge in [-0.2, -0.15) is 0 Å². The minimum atomic E-state index is -1.69. The summed E-state index contributed by atoms with van der Waals surface area (Å²) in [6, 6.07) is 0.333. The molecule has 7 amide bonds. The van der Waals surface area contributed by atoms with E-state index in [9.17, 15) is 47.4 Å². The molecule has 3 aliphatic heterocycles. The normalized spacial score (nSPS) is 26.9. The monoisotopic (exact) mass is 811 g/mol. The third-order valence-corrected chi connectivity index (χ3v) is 10.7. The predicted molar refractivity (Wildman–Crippen MR) is 205 cm³/mol. The van der Waals surface area contributed by atoms with Crippen molar-refractivity contribution < 1.29 is 52.2 Å². The van der Waals surface area contributed by atoms with E-state index in [4.69, 9.17) is 4.74 Å². The summed E-state index contributed by atoms with van der Waals surface area (Å²) in [5.41, 5.74) is 1.29. The molecule has 5 N–H and O–H groups in total. The number of likely N-dealkylation sites (N-methyl/N-ethyl adjacent to an activating group) is 1. The van der Waals surface area contributed by atoms with Crippen LogP contribution < -0.4 is 21.3 Å². The zero-order valence-corrected chi connectivity index (χ0v) is 33.3. The molecule has 58 heavy (non-hydrogen) atoms. The summed E-state index contributed by atoms with van der Waals surface area (Å²) in [5, 5.41) is 20.9. The van der Waals surface area contributed by atoms with Crippen molar-refractivity contribution >= 4 is 47.2 Å². The Balaban J connectivity index is 1.51. The van der Waals surface area contributed by atoms with Gasteiger partial charge in [0.15, 0.2) is 0 Å². The number of nitrogens with zero attached hydrogens (tertiary/aromatic N) is 3. The maximum absolute atomic E-state index is 14.6. The van der Waals surface area contributed by atoms with Crippen LogP contribution in [0.1, 0.15) is 58.1 Å². The van der Waals surface area contributed by atoms with E-state index in [1.165, 1.54) is 37.6 Å². The number of aliphatic hydroxyl groups excluding tert-OH is 1. The second kappa shape index (κ2) is 18.3. The molecule has 9 atom stereocenters. The molecular formula is C40H51F2N7O9. The van der Waals surface area contributed by atoms with Gasteiger partial charge in [0.05, 0.1) is 6.10 Å². The maximum Gasteiger partial charge on any atom is 0.329 e. The van der Waals surface area contributed by atoms with Gasteiger partial charge in [0.1, 0.15) is 54.0 Å². The molecule has 0 bridgehead atoms. The Bertz CT molecular complexity index is 1890. The SMILES string of the molecule is Cc1ccc(NC(=O)N[C@@H](Cc2cc(F)cc(F)c2)C(=O)N[C@@H]2C(=O)N3CCC[C@H]3C(=O)N(C)[C@@H](C(C)O)C(=O)N[C@@H](C)C(=O)N3C[C@@H](C)C[C@H]3C(=O)O[C@H]2C)cc1. The van der Waals surface area contributed by atoms with Crippen molar-refractivity contribution in [1.29, 1.82) is 0 Å². The van der Waals surface area contributed by atoms with Crippen molar-refractivity contribution in [1.82, 2.24) is 30.7 Å². The lowest BCUT2D eigenvalue weighted by Gasteiger charge is -2.37. The van der Waals surface area contributed by atoms with Crippen LogP contribution in [0.2, 0.25) is 0 Å². The highest BCUT2D eigenvalue weighted by molar-refractivity contribution is 5.98. The number of benzene rings is 2. The highest BCUT2D eigenvalue weighted by atomic mass is 19.1. The molecule has 0 spiro atoms. The molecule has 3 fully saturated rings. The van der Waals surface area contributed by atoms with Crippen LogP contribution >= 0.6 is 0 Å². The van der Waals surface area contributed by atoms with Gasteiger partial charge < -0.3 is 45.8 Å². The van der Waals surface area contributed by atoms with Crippen molar-refractivity contribution in [2.45, 2.75) is 109 Å². The standard InChI is InChI=1S/C40H51F2N7O9/c1-20-9-11-28(12-10-20)44-40(57)45-29(17-25-15-26(41)18-27(42)16-25)34(51)46-32-24(5)58-39(56)31-14-21(2)19-49(31)36(53)22(3)43-35(52)33(23(4)50)47(6)37(54)30-8-7-13-48(30)38(32)55/h9-12,15-16,18,21-24,29-33,50H,7-8,13-14,17,19H2,1-6H3,(H,43,52)(H,46,51)(H2,44,45,57)/t21-,22-,23?,24-,29-,30-,31-,32-,33-/m0/s1. The van der Waals surface area contributed by atoms with E-state index < -0.39 is 108 Å². The van der Waals surface area contributed by atoms with E-state index in [-0.39, 0.29) is 37.4 Å². The summed E-state index contributed by atoms with van der Waals surface area (Å²) in [6.07, 6.45) is -2.58. The molecule has 2 aromatic carbocycles. The first kappa shape index (κ1) is 43.5. The molecule has 0 saturated carbocycles.